The first kappa shape index (κ1) is 17.4. The molecule has 1 aliphatic heterocycles. The van der Waals surface area contributed by atoms with Crippen molar-refractivity contribution in [2.45, 2.75) is 18.9 Å². The van der Waals surface area contributed by atoms with Crippen molar-refractivity contribution in [3.8, 4) is 11.5 Å². The molecule has 1 unspecified atom stereocenters. The first-order valence-corrected chi connectivity index (χ1v) is 9.47. The van der Waals surface area contributed by atoms with Crippen molar-refractivity contribution in [1.29, 1.82) is 0 Å². The molecule has 0 aliphatic carbocycles. The first-order chi connectivity index (χ1) is 14.3. The van der Waals surface area contributed by atoms with Crippen LogP contribution in [0.4, 0.5) is 21.8 Å². The van der Waals surface area contributed by atoms with Crippen molar-refractivity contribution in [2.75, 3.05) is 16.8 Å². The number of aromatic amines is 1. The molecule has 5 rings (SSSR count). The average molecular weight is 390 g/mol. The van der Waals surface area contributed by atoms with Crippen molar-refractivity contribution >= 4 is 17.5 Å². The highest BCUT2D eigenvalue weighted by molar-refractivity contribution is 5.62. The van der Waals surface area contributed by atoms with Crippen LogP contribution in [0.5, 0.6) is 0 Å². The number of furan rings is 1. The molecule has 4 aromatic rings. The van der Waals surface area contributed by atoms with E-state index in [1.54, 1.807) is 6.26 Å². The van der Waals surface area contributed by atoms with Crippen molar-refractivity contribution in [2.24, 2.45) is 0 Å². The molecular weight excluding hydrogens is 371 g/mol. The van der Waals surface area contributed by atoms with Crippen LogP contribution < -0.4 is 10.2 Å². The number of nitrogens with zero attached hydrogens (tertiary/aromatic N) is 4. The van der Waals surface area contributed by atoms with Crippen molar-refractivity contribution in [3.63, 3.8) is 0 Å². The van der Waals surface area contributed by atoms with Crippen LogP contribution in [0, 0.1) is 5.82 Å². The van der Waals surface area contributed by atoms with Crippen LogP contribution >= 0.6 is 0 Å². The normalized spacial score (nSPS) is 16.3. The fourth-order valence-corrected chi connectivity index (χ4v) is 3.72. The molecule has 3 aromatic heterocycles. The van der Waals surface area contributed by atoms with Crippen LogP contribution in [0.25, 0.3) is 11.5 Å². The summed E-state index contributed by atoms with van der Waals surface area (Å²) in [5.74, 6) is 2.61. The van der Waals surface area contributed by atoms with Crippen molar-refractivity contribution in [1.82, 2.24) is 20.2 Å². The van der Waals surface area contributed by atoms with Gasteiger partial charge in [0, 0.05) is 18.7 Å². The van der Waals surface area contributed by atoms with Crippen LogP contribution in [-0.4, -0.2) is 26.7 Å². The van der Waals surface area contributed by atoms with E-state index >= 15 is 0 Å². The maximum Gasteiger partial charge on any atom is 0.154 e. The molecule has 29 heavy (non-hydrogen) atoms. The highest BCUT2D eigenvalue weighted by Crippen LogP contribution is 2.35. The zero-order valence-electron chi connectivity index (χ0n) is 15.5. The number of halogens is 1. The summed E-state index contributed by atoms with van der Waals surface area (Å²) < 4.78 is 18.7. The minimum atomic E-state index is -0.222. The third kappa shape index (κ3) is 3.56. The SMILES string of the molecule is Fc1ccc(C2CCCN2c2cc(Nc3cc(-c4ccco4)[nH]n3)ncn2)cc1. The summed E-state index contributed by atoms with van der Waals surface area (Å²) in [4.78, 5) is 11.0. The Kier molecular flexibility index (Phi) is 4.44. The van der Waals surface area contributed by atoms with Crippen molar-refractivity contribution < 1.29 is 8.81 Å². The van der Waals surface area contributed by atoms with Crippen LogP contribution in [0.3, 0.4) is 0 Å². The van der Waals surface area contributed by atoms with Gasteiger partial charge < -0.3 is 14.6 Å². The molecule has 0 radical (unpaired) electrons. The first-order valence-electron chi connectivity index (χ1n) is 9.47. The predicted molar refractivity (Wildman–Crippen MR) is 107 cm³/mol. The highest BCUT2D eigenvalue weighted by atomic mass is 19.1. The predicted octanol–water partition coefficient (Wildman–Crippen LogP) is 4.68. The zero-order valence-corrected chi connectivity index (χ0v) is 15.5. The lowest BCUT2D eigenvalue weighted by Crippen LogP contribution is -2.23. The molecule has 1 aliphatic rings. The van der Waals surface area contributed by atoms with Crippen LogP contribution in [0.1, 0.15) is 24.4 Å². The summed E-state index contributed by atoms with van der Waals surface area (Å²) in [7, 11) is 0. The van der Waals surface area contributed by atoms with Crippen LogP contribution in [-0.2, 0) is 0 Å². The van der Waals surface area contributed by atoms with Gasteiger partial charge in [-0.3, -0.25) is 5.10 Å². The van der Waals surface area contributed by atoms with E-state index in [1.165, 1.54) is 18.5 Å². The van der Waals surface area contributed by atoms with E-state index in [4.69, 9.17) is 4.42 Å². The smallest absolute Gasteiger partial charge is 0.154 e. The Labute approximate surface area is 166 Å². The second-order valence-electron chi connectivity index (χ2n) is 6.93. The molecule has 2 N–H and O–H groups in total. The Morgan fingerprint density at radius 3 is 2.83 bits per heavy atom. The minimum Gasteiger partial charge on any atom is -0.463 e. The lowest BCUT2D eigenvalue weighted by atomic mass is 10.0. The fraction of sp³-hybridized carbons (Fsp3) is 0.190. The maximum absolute atomic E-state index is 13.3. The second-order valence-corrected chi connectivity index (χ2v) is 6.93. The van der Waals surface area contributed by atoms with Gasteiger partial charge >= 0.3 is 0 Å². The van der Waals surface area contributed by atoms with Crippen molar-refractivity contribution in [3.05, 3.63) is 72.5 Å². The standard InChI is InChI=1S/C21H19FN6O/c22-15-7-5-14(6-8-15)17-3-1-9-28(17)21-12-19(23-13-24-21)25-20-11-16(26-27-20)18-4-2-10-29-18/h2,4-8,10-13,17H,1,3,9H2,(H2,23,24,25,26,27). The molecule has 1 atom stereocenters. The van der Waals surface area contributed by atoms with Gasteiger partial charge in [-0.05, 0) is 42.7 Å². The Balaban J connectivity index is 1.36. The summed E-state index contributed by atoms with van der Waals surface area (Å²) in [5.41, 5.74) is 1.87. The Bertz CT molecular complexity index is 1090. The minimum absolute atomic E-state index is 0.175. The van der Waals surface area contributed by atoms with E-state index in [1.807, 2.05) is 36.4 Å². The van der Waals surface area contributed by atoms with E-state index in [9.17, 15) is 4.39 Å². The summed E-state index contributed by atoms with van der Waals surface area (Å²) in [5, 5.41) is 10.4. The molecular formula is C21H19FN6O. The fourth-order valence-electron chi connectivity index (χ4n) is 3.72. The zero-order chi connectivity index (χ0) is 19.6. The lowest BCUT2D eigenvalue weighted by Gasteiger charge is -2.26. The van der Waals surface area contributed by atoms with Crippen LogP contribution in [0.2, 0.25) is 0 Å². The topological polar surface area (TPSA) is 82.9 Å². The quantitative estimate of drug-likeness (QED) is 0.515. The Hall–Kier alpha value is -3.68. The number of hydrogen-bond donors (Lipinski definition) is 2. The molecule has 8 heteroatoms. The Morgan fingerprint density at radius 2 is 2.00 bits per heavy atom. The van der Waals surface area contributed by atoms with Gasteiger partial charge in [0.15, 0.2) is 11.6 Å². The number of hydrogen-bond acceptors (Lipinski definition) is 6. The second kappa shape index (κ2) is 7.38. The number of nitrogens with one attached hydrogen (secondary N) is 2. The number of benzene rings is 1. The largest absolute Gasteiger partial charge is 0.463 e. The van der Waals surface area contributed by atoms with Gasteiger partial charge in [-0.25, -0.2) is 14.4 Å². The molecule has 0 bridgehead atoms. The number of aromatic nitrogens is 4. The van der Waals surface area contributed by atoms with E-state index in [2.05, 4.69) is 30.4 Å². The van der Waals surface area contributed by atoms with E-state index in [-0.39, 0.29) is 11.9 Å². The molecule has 0 amide bonds. The van der Waals surface area contributed by atoms with Gasteiger partial charge in [0.2, 0.25) is 0 Å². The average Bonchev–Trinajstić information content (AvgIpc) is 3.50. The van der Waals surface area contributed by atoms with Gasteiger partial charge in [-0.2, -0.15) is 5.10 Å². The summed E-state index contributed by atoms with van der Waals surface area (Å²) in [6.45, 7) is 0.892. The number of rotatable bonds is 5. The molecule has 1 fully saturated rings. The summed E-state index contributed by atoms with van der Waals surface area (Å²) in [6.07, 6.45) is 5.22. The molecule has 1 aromatic carbocycles. The molecule has 4 heterocycles. The molecule has 0 saturated carbocycles. The molecule has 146 valence electrons. The third-order valence-electron chi connectivity index (χ3n) is 5.08. The molecule has 7 nitrogen and oxygen atoms in total. The van der Waals surface area contributed by atoms with E-state index in [0.29, 0.717) is 17.4 Å². The monoisotopic (exact) mass is 390 g/mol. The summed E-state index contributed by atoms with van der Waals surface area (Å²) >= 11 is 0. The number of anilines is 3. The van der Waals surface area contributed by atoms with Gasteiger partial charge in [0.05, 0.1) is 12.3 Å². The highest BCUT2D eigenvalue weighted by Gasteiger charge is 2.27. The van der Waals surface area contributed by atoms with E-state index < -0.39 is 0 Å². The molecule has 0 spiro atoms. The summed E-state index contributed by atoms with van der Waals surface area (Å²) in [6, 6.07) is 14.3. The lowest BCUT2D eigenvalue weighted by molar-refractivity contribution is 0.580. The van der Waals surface area contributed by atoms with Gasteiger partial charge in [0.25, 0.3) is 0 Å². The Morgan fingerprint density at radius 1 is 1.10 bits per heavy atom. The third-order valence-corrected chi connectivity index (χ3v) is 5.08. The van der Waals surface area contributed by atoms with Gasteiger partial charge in [-0.1, -0.05) is 12.1 Å². The van der Waals surface area contributed by atoms with E-state index in [0.717, 1.165) is 36.5 Å². The molecule has 1 saturated heterocycles. The van der Waals surface area contributed by atoms with Gasteiger partial charge in [0.1, 0.15) is 29.5 Å². The maximum atomic E-state index is 13.3. The number of H-pyrrole nitrogens is 1. The van der Waals surface area contributed by atoms with Gasteiger partial charge in [-0.15, -0.1) is 0 Å². The van der Waals surface area contributed by atoms with Crippen LogP contribution in [0.15, 0.2) is 65.5 Å².